The van der Waals surface area contributed by atoms with E-state index in [-0.39, 0.29) is 18.0 Å². The molecule has 5 nitrogen and oxygen atoms in total. The van der Waals surface area contributed by atoms with Gasteiger partial charge in [-0.25, -0.2) is 13.1 Å². The van der Waals surface area contributed by atoms with E-state index in [4.69, 9.17) is 9.84 Å². The molecule has 0 radical (unpaired) electrons. The van der Waals surface area contributed by atoms with Crippen LogP contribution in [0, 0.1) is 5.92 Å². The summed E-state index contributed by atoms with van der Waals surface area (Å²) in [6.45, 7) is 5.37. The molecule has 6 heteroatoms. The topological polar surface area (TPSA) is 75.6 Å². The zero-order chi connectivity index (χ0) is 15.0. The lowest BCUT2D eigenvalue weighted by Crippen LogP contribution is -2.27. The van der Waals surface area contributed by atoms with E-state index < -0.39 is 10.0 Å². The van der Waals surface area contributed by atoms with Crippen molar-refractivity contribution in [1.82, 2.24) is 4.72 Å². The average Bonchev–Trinajstić information content (AvgIpc) is 2.39. The fraction of sp³-hybridized carbons (Fsp3) is 0.571. The minimum absolute atomic E-state index is 0.0531. The summed E-state index contributed by atoms with van der Waals surface area (Å²) < 4.78 is 31.8. The number of sulfonamides is 1. The largest absolute Gasteiger partial charge is 0.396 e. The summed E-state index contributed by atoms with van der Waals surface area (Å²) in [5.74, 6) is 0.436. The maximum absolute atomic E-state index is 12.0. The Morgan fingerprint density at radius 1 is 1.25 bits per heavy atom. The molecule has 2 N–H and O–H groups in total. The third kappa shape index (κ3) is 6.00. The molecule has 0 aliphatic carbocycles. The summed E-state index contributed by atoms with van der Waals surface area (Å²) in [6.07, 6.45) is 0.525. The van der Waals surface area contributed by atoms with E-state index in [1.807, 2.05) is 13.8 Å². The highest BCUT2D eigenvalue weighted by molar-refractivity contribution is 7.89. The van der Waals surface area contributed by atoms with Crippen LogP contribution in [0.15, 0.2) is 29.2 Å². The highest BCUT2D eigenvalue weighted by Gasteiger charge is 2.12. The van der Waals surface area contributed by atoms with E-state index in [0.29, 0.717) is 25.6 Å². The minimum atomic E-state index is -3.49. The number of hydrogen-bond acceptors (Lipinski definition) is 4. The van der Waals surface area contributed by atoms with Gasteiger partial charge < -0.3 is 9.84 Å². The van der Waals surface area contributed by atoms with Crippen molar-refractivity contribution in [3.05, 3.63) is 29.8 Å². The molecule has 0 spiro atoms. The average molecular weight is 301 g/mol. The molecule has 0 unspecified atom stereocenters. The third-order valence-electron chi connectivity index (χ3n) is 2.62. The quantitative estimate of drug-likeness (QED) is 0.671. The van der Waals surface area contributed by atoms with Crippen molar-refractivity contribution in [1.29, 1.82) is 0 Å². The first-order valence-electron chi connectivity index (χ1n) is 6.73. The number of hydrogen-bond donors (Lipinski definition) is 2. The molecule has 114 valence electrons. The minimum Gasteiger partial charge on any atom is -0.396 e. The monoisotopic (exact) mass is 301 g/mol. The molecule has 0 heterocycles. The summed E-state index contributed by atoms with van der Waals surface area (Å²) in [6, 6.07) is 6.50. The lowest BCUT2D eigenvalue weighted by Gasteiger charge is -2.09. The second-order valence-electron chi connectivity index (χ2n) is 4.98. The Kier molecular flexibility index (Phi) is 7.15. The van der Waals surface area contributed by atoms with Crippen LogP contribution in [0.1, 0.15) is 19.4 Å². The Balaban J connectivity index is 2.47. The number of benzene rings is 1. The smallest absolute Gasteiger partial charge is 0.240 e. The molecule has 1 aromatic rings. The summed E-state index contributed by atoms with van der Waals surface area (Å²) in [5.41, 5.74) is 0.909. The first kappa shape index (κ1) is 17.1. The van der Waals surface area contributed by atoms with E-state index in [9.17, 15) is 8.42 Å². The van der Waals surface area contributed by atoms with Gasteiger partial charge in [0.2, 0.25) is 10.0 Å². The van der Waals surface area contributed by atoms with E-state index in [0.717, 1.165) is 5.56 Å². The van der Waals surface area contributed by atoms with E-state index in [1.54, 1.807) is 24.3 Å². The van der Waals surface area contributed by atoms with E-state index in [2.05, 4.69) is 4.72 Å². The molecule has 20 heavy (non-hydrogen) atoms. The fourth-order valence-corrected chi connectivity index (χ4v) is 2.63. The van der Waals surface area contributed by atoms with Gasteiger partial charge in [-0.15, -0.1) is 0 Å². The molecular formula is C14H23NO4S. The van der Waals surface area contributed by atoms with Crippen LogP contribution in [0.25, 0.3) is 0 Å². The number of aliphatic hydroxyl groups excluding tert-OH is 1. The van der Waals surface area contributed by atoms with Crippen LogP contribution in [0.5, 0.6) is 0 Å². The molecule has 0 fully saturated rings. The van der Waals surface area contributed by atoms with Crippen molar-refractivity contribution in [3.8, 4) is 0 Å². The fourth-order valence-electron chi connectivity index (χ4n) is 1.61. The predicted octanol–water partition coefficient (Wildman–Crippen LogP) is 1.17. The second kappa shape index (κ2) is 8.36. The van der Waals surface area contributed by atoms with Crippen molar-refractivity contribution >= 4 is 10.0 Å². The molecule has 0 aliphatic rings. The molecular weight excluding hydrogens is 278 g/mol. The van der Waals surface area contributed by atoms with Gasteiger partial charge in [-0.05, 0) is 30.0 Å². The van der Waals surface area contributed by atoms with Crippen molar-refractivity contribution < 1.29 is 18.3 Å². The Morgan fingerprint density at radius 3 is 2.45 bits per heavy atom. The number of ether oxygens (including phenoxy) is 1. The summed E-state index contributed by atoms with van der Waals surface area (Å²) in [5, 5.41) is 8.81. The maximum atomic E-state index is 12.0. The van der Waals surface area contributed by atoms with Crippen molar-refractivity contribution in [2.45, 2.75) is 25.2 Å². The van der Waals surface area contributed by atoms with Gasteiger partial charge >= 0.3 is 0 Å². The maximum Gasteiger partial charge on any atom is 0.240 e. The molecule has 0 bridgehead atoms. The van der Waals surface area contributed by atoms with Crippen LogP contribution >= 0.6 is 0 Å². The summed E-state index contributed by atoms with van der Waals surface area (Å²) >= 11 is 0. The summed E-state index contributed by atoms with van der Waals surface area (Å²) in [7, 11) is -3.49. The predicted molar refractivity (Wildman–Crippen MR) is 78.1 cm³/mol. The number of nitrogens with one attached hydrogen (secondary N) is 1. The van der Waals surface area contributed by atoms with Crippen LogP contribution in [0.4, 0.5) is 0 Å². The van der Waals surface area contributed by atoms with Crippen molar-refractivity contribution in [2.75, 3.05) is 26.4 Å². The van der Waals surface area contributed by atoms with Crippen LogP contribution in [-0.4, -0.2) is 39.9 Å². The molecule has 1 aromatic carbocycles. The molecule has 0 saturated heterocycles. The van der Waals surface area contributed by atoms with E-state index >= 15 is 0 Å². The second-order valence-corrected chi connectivity index (χ2v) is 6.75. The van der Waals surface area contributed by atoms with Gasteiger partial charge in [0.25, 0.3) is 0 Å². The summed E-state index contributed by atoms with van der Waals surface area (Å²) in [4.78, 5) is 0.225. The van der Waals surface area contributed by atoms with Gasteiger partial charge in [0.1, 0.15) is 0 Å². The Bertz CT molecular complexity index is 482. The first-order valence-corrected chi connectivity index (χ1v) is 8.21. The normalized spacial score (nSPS) is 12.0. The van der Waals surface area contributed by atoms with Gasteiger partial charge in [-0.3, -0.25) is 0 Å². The molecule has 0 aromatic heterocycles. The lowest BCUT2D eigenvalue weighted by atomic mass is 10.2. The molecule has 0 atom stereocenters. The first-order chi connectivity index (χ1) is 9.45. The molecule has 0 saturated carbocycles. The Hall–Kier alpha value is -0.950. The van der Waals surface area contributed by atoms with Gasteiger partial charge in [0.05, 0.1) is 11.5 Å². The Labute approximate surface area is 121 Å². The SMILES string of the molecule is CC(C)COCCNS(=O)(=O)c1ccc(CCO)cc1. The Morgan fingerprint density at radius 2 is 1.90 bits per heavy atom. The number of aliphatic hydroxyl groups is 1. The van der Waals surface area contributed by atoms with Gasteiger partial charge in [0.15, 0.2) is 0 Å². The molecule has 0 amide bonds. The zero-order valence-electron chi connectivity index (χ0n) is 12.0. The van der Waals surface area contributed by atoms with Gasteiger partial charge in [-0.1, -0.05) is 26.0 Å². The van der Waals surface area contributed by atoms with Crippen molar-refractivity contribution in [2.24, 2.45) is 5.92 Å². The van der Waals surface area contributed by atoms with Crippen LogP contribution < -0.4 is 4.72 Å². The highest BCUT2D eigenvalue weighted by atomic mass is 32.2. The van der Waals surface area contributed by atoms with Crippen LogP contribution in [-0.2, 0) is 21.2 Å². The van der Waals surface area contributed by atoms with Gasteiger partial charge in [0, 0.05) is 19.8 Å². The van der Waals surface area contributed by atoms with Gasteiger partial charge in [-0.2, -0.15) is 0 Å². The third-order valence-corrected chi connectivity index (χ3v) is 4.10. The van der Waals surface area contributed by atoms with Crippen molar-refractivity contribution in [3.63, 3.8) is 0 Å². The molecule has 0 aliphatic heterocycles. The number of rotatable bonds is 9. The molecule has 1 rings (SSSR count). The van der Waals surface area contributed by atoms with Crippen LogP contribution in [0.2, 0.25) is 0 Å². The zero-order valence-corrected chi connectivity index (χ0v) is 12.8. The lowest BCUT2D eigenvalue weighted by molar-refractivity contribution is 0.114. The standard InChI is InChI=1S/C14H23NO4S/c1-12(2)11-19-10-8-15-20(17,18)14-5-3-13(4-6-14)7-9-16/h3-6,12,15-16H,7-11H2,1-2H3. The highest BCUT2D eigenvalue weighted by Crippen LogP contribution is 2.10. The van der Waals surface area contributed by atoms with Crippen LogP contribution in [0.3, 0.4) is 0 Å². The van der Waals surface area contributed by atoms with E-state index in [1.165, 1.54) is 0 Å².